The molecular weight excluding hydrogens is 339 g/mol. The van der Waals surface area contributed by atoms with Gasteiger partial charge in [-0.2, -0.15) is 8.78 Å². The third-order valence-electron chi connectivity index (χ3n) is 3.52. The first-order chi connectivity index (χ1) is 11.9. The van der Waals surface area contributed by atoms with Crippen LogP contribution in [0.2, 0.25) is 0 Å². The highest BCUT2D eigenvalue weighted by Crippen LogP contribution is 2.20. The molecule has 1 heterocycles. The van der Waals surface area contributed by atoms with Crippen molar-refractivity contribution in [3.05, 3.63) is 64.2 Å². The summed E-state index contributed by atoms with van der Waals surface area (Å²) in [6.45, 7) is -3.14. The lowest BCUT2D eigenvalue weighted by atomic mass is 10.1. The van der Waals surface area contributed by atoms with Gasteiger partial charge in [-0.25, -0.2) is 9.07 Å². The molecule has 3 rings (SSSR count). The predicted molar refractivity (Wildman–Crippen MR) is 81.8 cm³/mol. The van der Waals surface area contributed by atoms with E-state index in [1.165, 1.54) is 30.3 Å². The Labute approximate surface area is 139 Å². The lowest BCUT2D eigenvalue weighted by Crippen LogP contribution is -2.27. The first kappa shape index (κ1) is 16.9. The van der Waals surface area contributed by atoms with Gasteiger partial charge in [0.2, 0.25) is 0 Å². The fraction of sp³-hybridized carbons (Fsp3) is 0.188. The number of halogens is 3. The zero-order valence-electron chi connectivity index (χ0n) is 12.6. The van der Waals surface area contributed by atoms with E-state index in [2.05, 4.69) is 15.0 Å². The van der Waals surface area contributed by atoms with Crippen LogP contribution in [0.4, 0.5) is 13.2 Å². The molecule has 0 radical (unpaired) electrons. The van der Waals surface area contributed by atoms with Gasteiger partial charge in [-0.05, 0) is 29.8 Å². The minimum atomic E-state index is -2.94. The molecule has 25 heavy (non-hydrogen) atoms. The van der Waals surface area contributed by atoms with E-state index < -0.39 is 24.1 Å². The molecule has 0 saturated carbocycles. The smallest absolute Gasteiger partial charge is 0.387 e. The number of ether oxygens (including phenoxy) is 1. The molecule has 130 valence electrons. The largest absolute Gasteiger partial charge is 0.435 e. The fourth-order valence-corrected chi connectivity index (χ4v) is 2.31. The maximum Gasteiger partial charge on any atom is 0.387 e. The van der Waals surface area contributed by atoms with E-state index in [1.54, 1.807) is 0 Å². The number of hydrogen-bond acceptors (Lipinski definition) is 5. The van der Waals surface area contributed by atoms with Crippen molar-refractivity contribution < 1.29 is 23.0 Å². The molecule has 0 aliphatic heterocycles. The van der Waals surface area contributed by atoms with E-state index in [1.807, 2.05) is 0 Å². The molecule has 0 spiro atoms. The quantitative estimate of drug-likeness (QED) is 0.763. The lowest BCUT2D eigenvalue weighted by molar-refractivity contribution is -0.0498. The molecule has 0 fully saturated rings. The molecule has 1 aromatic heterocycles. The first-order valence-corrected chi connectivity index (χ1v) is 7.20. The monoisotopic (exact) mass is 351 g/mol. The molecule has 1 unspecified atom stereocenters. The minimum absolute atomic E-state index is 0.0457. The van der Waals surface area contributed by atoms with Gasteiger partial charge >= 0.3 is 6.61 Å². The number of aliphatic hydroxyl groups excluding tert-OH is 1. The summed E-state index contributed by atoms with van der Waals surface area (Å²) in [6.07, 6.45) is -1.12. The van der Waals surface area contributed by atoms with E-state index in [-0.39, 0.29) is 23.2 Å². The Hall–Kier alpha value is -2.94. The van der Waals surface area contributed by atoms with Crippen molar-refractivity contribution in [3.8, 4) is 5.75 Å². The van der Waals surface area contributed by atoms with Crippen LogP contribution in [-0.2, 0) is 6.54 Å². The van der Waals surface area contributed by atoms with Gasteiger partial charge in [-0.15, -0.1) is 5.10 Å². The number of alkyl halides is 2. The van der Waals surface area contributed by atoms with Crippen molar-refractivity contribution in [1.82, 2.24) is 15.0 Å². The molecule has 2 aromatic carbocycles. The third kappa shape index (κ3) is 3.77. The van der Waals surface area contributed by atoms with Crippen LogP contribution >= 0.6 is 0 Å². The highest BCUT2D eigenvalue weighted by Gasteiger charge is 2.13. The van der Waals surface area contributed by atoms with Crippen molar-refractivity contribution in [3.63, 3.8) is 0 Å². The fourth-order valence-electron chi connectivity index (χ4n) is 2.31. The maximum atomic E-state index is 13.1. The van der Waals surface area contributed by atoms with Crippen molar-refractivity contribution in [2.24, 2.45) is 0 Å². The van der Waals surface area contributed by atoms with Gasteiger partial charge in [0.05, 0.1) is 18.0 Å². The molecule has 0 saturated heterocycles. The molecule has 3 aromatic rings. The first-order valence-electron chi connectivity index (χ1n) is 7.20. The summed E-state index contributed by atoms with van der Waals surface area (Å²) in [5, 5.41) is 17.8. The number of benzene rings is 2. The van der Waals surface area contributed by atoms with Crippen molar-refractivity contribution in [2.45, 2.75) is 19.3 Å². The lowest BCUT2D eigenvalue weighted by Gasteiger charge is -2.13. The van der Waals surface area contributed by atoms with E-state index in [0.717, 1.165) is 16.8 Å². The summed E-state index contributed by atoms with van der Waals surface area (Å²) >= 11 is 0. The predicted octanol–water partition coefficient (Wildman–Crippen LogP) is 2.27. The molecule has 1 atom stereocenters. The minimum Gasteiger partial charge on any atom is -0.435 e. The zero-order valence-corrected chi connectivity index (χ0v) is 12.6. The highest BCUT2D eigenvalue weighted by atomic mass is 19.3. The third-order valence-corrected chi connectivity index (χ3v) is 3.52. The summed E-state index contributed by atoms with van der Waals surface area (Å²) in [5.41, 5.74) is -0.0273. The highest BCUT2D eigenvalue weighted by molar-refractivity contribution is 5.76. The van der Waals surface area contributed by atoms with E-state index in [9.17, 15) is 23.1 Å². The van der Waals surface area contributed by atoms with E-state index in [0.29, 0.717) is 5.56 Å². The zero-order chi connectivity index (χ0) is 18.0. The van der Waals surface area contributed by atoms with E-state index in [4.69, 9.17) is 0 Å². The Morgan fingerprint density at radius 3 is 2.56 bits per heavy atom. The van der Waals surface area contributed by atoms with Crippen LogP contribution in [0.15, 0.2) is 47.3 Å². The molecule has 6 nitrogen and oxygen atoms in total. The van der Waals surface area contributed by atoms with Gasteiger partial charge in [0, 0.05) is 6.07 Å². The summed E-state index contributed by atoms with van der Waals surface area (Å²) < 4.78 is 42.5. The van der Waals surface area contributed by atoms with Crippen LogP contribution in [0.1, 0.15) is 11.7 Å². The van der Waals surface area contributed by atoms with Crippen LogP contribution in [0.5, 0.6) is 5.75 Å². The van der Waals surface area contributed by atoms with Crippen molar-refractivity contribution >= 4 is 10.9 Å². The van der Waals surface area contributed by atoms with Crippen molar-refractivity contribution in [1.29, 1.82) is 0 Å². The van der Waals surface area contributed by atoms with Gasteiger partial charge < -0.3 is 9.84 Å². The second kappa shape index (κ2) is 6.89. The van der Waals surface area contributed by atoms with Crippen LogP contribution < -0.4 is 10.3 Å². The van der Waals surface area contributed by atoms with Gasteiger partial charge in [-0.3, -0.25) is 4.79 Å². The Bertz CT molecular complexity index is 945. The second-order valence-electron chi connectivity index (χ2n) is 5.20. The van der Waals surface area contributed by atoms with Crippen LogP contribution in [0.25, 0.3) is 10.9 Å². The summed E-state index contributed by atoms with van der Waals surface area (Å²) in [5.74, 6) is -0.583. The molecular formula is C16H12F3N3O3. The number of rotatable bonds is 5. The molecule has 0 amide bonds. The Morgan fingerprint density at radius 1 is 1.16 bits per heavy atom. The topological polar surface area (TPSA) is 77.2 Å². The van der Waals surface area contributed by atoms with Crippen LogP contribution in [-0.4, -0.2) is 26.7 Å². The van der Waals surface area contributed by atoms with E-state index >= 15 is 0 Å². The maximum absolute atomic E-state index is 13.1. The molecule has 0 aliphatic rings. The molecule has 0 aliphatic carbocycles. The van der Waals surface area contributed by atoms with Crippen molar-refractivity contribution in [2.75, 3.05) is 0 Å². The summed E-state index contributed by atoms with van der Waals surface area (Å²) in [7, 11) is 0. The van der Waals surface area contributed by atoms with Gasteiger partial charge in [0.25, 0.3) is 5.56 Å². The number of aliphatic hydroxyl groups is 1. The van der Waals surface area contributed by atoms with Crippen LogP contribution in [0, 0.1) is 5.82 Å². The SMILES string of the molecule is O=c1c2ccc(F)cc2nnn1CC(O)c1ccc(OC(F)F)cc1. The Balaban J connectivity index is 1.82. The number of fused-ring (bicyclic) bond motifs is 1. The van der Waals surface area contributed by atoms with Gasteiger partial charge in [0.15, 0.2) is 0 Å². The normalized spacial score (nSPS) is 12.5. The number of nitrogens with zero attached hydrogens (tertiary/aromatic N) is 3. The molecule has 9 heteroatoms. The average molecular weight is 351 g/mol. The standard InChI is InChI=1S/C16H12F3N3O3/c17-10-3-6-12-13(7-10)20-21-22(15(12)24)8-14(23)9-1-4-11(5-2-9)25-16(18)19/h1-7,14,16,23H,8H2. The van der Waals surface area contributed by atoms with Gasteiger partial charge in [-0.1, -0.05) is 17.3 Å². The second-order valence-corrected chi connectivity index (χ2v) is 5.20. The molecule has 0 bridgehead atoms. The number of hydrogen-bond donors (Lipinski definition) is 1. The molecule has 1 N–H and O–H groups in total. The van der Waals surface area contributed by atoms with Crippen LogP contribution in [0.3, 0.4) is 0 Å². The Morgan fingerprint density at radius 2 is 1.88 bits per heavy atom. The summed E-state index contributed by atoms with van der Waals surface area (Å²) in [6, 6.07) is 8.88. The number of aromatic nitrogens is 3. The Kier molecular flexibility index (Phi) is 4.66. The summed E-state index contributed by atoms with van der Waals surface area (Å²) in [4.78, 5) is 12.3. The van der Waals surface area contributed by atoms with Gasteiger partial charge in [0.1, 0.15) is 17.1 Å². The average Bonchev–Trinajstić information content (AvgIpc) is 2.57.